The lowest BCUT2D eigenvalue weighted by molar-refractivity contribution is -0.113. The van der Waals surface area contributed by atoms with Gasteiger partial charge in [-0.3, -0.25) is 4.79 Å². The van der Waals surface area contributed by atoms with Gasteiger partial charge in [0.05, 0.1) is 18.4 Å². The summed E-state index contributed by atoms with van der Waals surface area (Å²) in [6.07, 6.45) is 1.48. The summed E-state index contributed by atoms with van der Waals surface area (Å²) >= 11 is 0. The number of nitrogens with zero attached hydrogens (tertiary/aromatic N) is 1. The molecule has 4 rings (SSSR count). The summed E-state index contributed by atoms with van der Waals surface area (Å²) in [5.74, 6) is 0.0201. The van der Waals surface area contributed by atoms with Gasteiger partial charge in [-0.25, -0.2) is 14.5 Å². The number of aryl methyl sites for hydroxylation is 1. The molecule has 0 radical (unpaired) electrons. The fourth-order valence-electron chi connectivity index (χ4n) is 3.20. The van der Waals surface area contributed by atoms with Crippen molar-refractivity contribution in [2.45, 2.75) is 6.92 Å². The molecule has 2 heterocycles. The Morgan fingerprint density at radius 1 is 1.07 bits per heavy atom. The number of para-hydroxylation sites is 1. The van der Waals surface area contributed by atoms with Crippen LogP contribution < -0.4 is 10.2 Å². The van der Waals surface area contributed by atoms with E-state index in [0.29, 0.717) is 22.8 Å². The number of hydrogen-bond acceptors (Lipinski definition) is 5. The lowest BCUT2D eigenvalue weighted by Gasteiger charge is -2.10. The molecule has 1 N–H and O–H groups in total. The monoisotopic (exact) mass is 402 g/mol. The second-order valence-electron chi connectivity index (χ2n) is 6.69. The molecule has 3 amide bonds. The van der Waals surface area contributed by atoms with Crippen LogP contribution in [0, 0.1) is 6.92 Å². The van der Waals surface area contributed by atoms with E-state index in [-0.39, 0.29) is 5.70 Å². The second-order valence-corrected chi connectivity index (χ2v) is 6.69. The highest BCUT2D eigenvalue weighted by Crippen LogP contribution is 2.29. The van der Waals surface area contributed by atoms with Crippen molar-refractivity contribution >= 4 is 29.7 Å². The first-order valence-corrected chi connectivity index (χ1v) is 9.19. The van der Waals surface area contributed by atoms with Gasteiger partial charge in [-0.15, -0.1) is 0 Å². The third-order valence-corrected chi connectivity index (χ3v) is 4.73. The molecule has 0 atom stereocenters. The van der Waals surface area contributed by atoms with E-state index < -0.39 is 17.9 Å². The average Bonchev–Trinajstić information content (AvgIpc) is 3.32. The summed E-state index contributed by atoms with van der Waals surface area (Å²) < 4.78 is 10.6. The quantitative estimate of drug-likeness (QED) is 0.403. The highest BCUT2D eigenvalue weighted by Gasteiger charge is 2.35. The first kappa shape index (κ1) is 19.2. The van der Waals surface area contributed by atoms with E-state index in [0.717, 1.165) is 16.0 Å². The first-order valence-electron chi connectivity index (χ1n) is 9.19. The van der Waals surface area contributed by atoms with E-state index in [4.69, 9.17) is 9.15 Å². The van der Waals surface area contributed by atoms with Gasteiger partial charge in [0.1, 0.15) is 17.2 Å². The van der Waals surface area contributed by atoms with Crippen LogP contribution in [0.3, 0.4) is 0 Å². The van der Waals surface area contributed by atoms with Gasteiger partial charge in [0, 0.05) is 11.6 Å². The Morgan fingerprint density at radius 2 is 1.83 bits per heavy atom. The standard InChI is InChI=1S/C23H18N2O5/c1-14-8-9-15(22(27)29-2)12-18(14)20-11-10-17(30-20)13-19-21(26)25(23(28)24-19)16-6-4-3-5-7-16/h3-13H,1-2H3,(H,24,28)/b19-13+. The molecule has 30 heavy (non-hydrogen) atoms. The van der Waals surface area contributed by atoms with E-state index in [1.165, 1.54) is 13.2 Å². The number of rotatable bonds is 4. The predicted molar refractivity (Wildman–Crippen MR) is 111 cm³/mol. The molecule has 0 spiro atoms. The van der Waals surface area contributed by atoms with E-state index in [9.17, 15) is 14.4 Å². The molecule has 1 saturated heterocycles. The number of carbonyl (C=O) groups excluding carboxylic acids is 3. The Bertz CT molecular complexity index is 1180. The van der Waals surface area contributed by atoms with Crippen molar-refractivity contribution < 1.29 is 23.5 Å². The van der Waals surface area contributed by atoms with E-state index in [1.54, 1.807) is 60.7 Å². The topological polar surface area (TPSA) is 88.9 Å². The van der Waals surface area contributed by atoms with Gasteiger partial charge >= 0.3 is 12.0 Å². The number of methoxy groups -OCH3 is 1. The van der Waals surface area contributed by atoms with Gasteiger partial charge in [0.15, 0.2) is 0 Å². The molecule has 1 aliphatic heterocycles. The van der Waals surface area contributed by atoms with Crippen molar-refractivity contribution in [2.24, 2.45) is 0 Å². The van der Waals surface area contributed by atoms with Gasteiger partial charge in [0.25, 0.3) is 5.91 Å². The fourth-order valence-corrected chi connectivity index (χ4v) is 3.20. The number of nitrogens with one attached hydrogen (secondary N) is 1. The largest absolute Gasteiger partial charge is 0.465 e. The Hall–Kier alpha value is -4.13. The molecule has 7 nitrogen and oxygen atoms in total. The Kier molecular flexibility index (Phi) is 4.93. The smallest absolute Gasteiger partial charge is 0.337 e. The number of urea groups is 1. The normalized spacial score (nSPS) is 14.9. The Balaban J connectivity index is 1.63. The van der Waals surface area contributed by atoms with Gasteiger partial charge in [0.2, 0.25) is 0 Å². The maximum atomic E-state index is 12.7. The molecular formula is C23H18N2O5. The number of benzene rings is 2. The molecule has 3 aromatic rings. The van der Waals surface area contributed by atoms with Crippen molar-refractivity contribution in [1.29, 1.82) is 0 Å². The summed E-state index contributed by atoms with van der Waals surface area (Å²) in [4.78, 5) is 37.8. The number of ether oxygens (including phenoxy) is 1. The molecule has 150 valence electrons. The number of furan rings is 1. The van der Waals surface area contributed by atoms with E-state index >= 15 is 0 Å². The van der Waals surface area contributed by atoms with Crippen LogP contribution in [-0.2, 0) is 9.53 Å². The van der Waals surface area contributed by atoms with Crippen molar-refractivity contribution in [2.75, 3.05) is 12.0 Å². The maximum absolute atomic E-state index is 12.7. The number of imide groups is 1. The lowest BCUT2D eigenvalue weighted by Crippen LogP contribution is -2.30. The van der Waals surface area contributed by atoms with Gasteiger partial charge in [-0.2, -0.15) is 0 Å². The fraction of sp³-hybridized carbons (Fsp3) is 0.0870. The molecule has 0 saturated carbocycles. The average molecular weight is 402 g/mol. The summed E-state index contributed by atoms with van der Waals surface area (Å²) in [6.45, 7) is 1.90. The molecular weight excluding hydrogens is 384 g/mol. The molecule has 1 aliphatic rings. The number of esters is 1. The molecule has 0 bridgehead atoms. The summed E-state index contributed by atoms with van der Waals surface area (Å²) in [5, 5.41) is 2.57. The minimum atomic E-state index is -0.522. The molecule has 0 aliphatic carbocycles. The van der Waals surface area contributed by atoms with Crippen molar-refractivity contribution in [3.63, 3.8) is 0 Å². The Morgan fingerprint density at radius 3 is 2.57 bits per heavy atom. The third-order valence-electron chi connectivity index (χ3n) is 4.73. The van der Waals surface area contributed by atoms with Gasteiger partial charge in [-0.1, -0.05) is 24.3 Å². The zero-order valence-corrected chi connectivity index (χ0v) is 16.3. The SMILES string of the molecule is COC(=O)c1ccc(C)c(-c2ccc(/C=C3/NC(=O)N(c4ccccc4)C3=O)o2)c1. The van der Waals surface area contributed by atoms with Crippen LogP contribution >= 0.6 is 0 Å². The summed E-state index contributed by atoms with van der Waals surface area (Å²) in [6, 6.07) is 16.8. The van der Waals surface area contributed by atoms with Crippen molar-refractivity contribution in [3.8, 4) is 11.3 Å². The highest BCUT2D eigenvalue weighted by molar-refractivity contribution is 6.28. The van der Waals surface area contributed by atoms with Crippen LogP contribution in [0.2, 0.25) is 0 Å². The molecule has 7 heteroatoms. The van der Waals surface area contributed by atoms with Crippen LogP contribution in [0.5, 0.6) is 0 Å². The first-order chi connectivity index (χ1) is 14.5. The van der Waals surface area contributed by atoms with E-state index in [2.05, 4.69) is 5.32 Å². The highest BCUT2D eigenvalue weighted by atomic mass is 16.5. The number of hydrogen-bond donors (Lipinski definition) is 1. The molecule has 0 unspecified atom stereocenters. The van der Waals surface area contributed by atoms with Gasteiger partial charge < -0.3 is 14.5 Å². The number of carbonyl (C=O) groups is 3. The van der Waals surface area contributed by atoms with Crippen molar-refractivity contribution in [3.05, 3.63) is 83.2 Å². The summed E-state index contributed by atoms with van der Waals surface area (Å²) in [5.41, 5.74) is 2.65. The third kappa shape index (κ3) is 3.48. The van der Waals surface area contributed by atoms with Crippen LogP contribution in [0.1, 0.15) is 21.7 Å². The lowest BCUT2D eigenvalue weighted by atomic mass is 10.0. The number of anilines is 1. The molecule has 1 fully saturated rings. The van der Waals surface area contributed by atoms with Crippen LogP contribution in [-0.4, -0.2) is 25.0 Å². The van der Waals surface area contributed by atoms with Crippen LogP contribution in [0.25, 0.3) is 17.4 Å². The van der Waals surface area contributed by atoms with E-state index in [1.807, 2.05) is 6.92 Å². The van der Waals surface area contributed by atoms with Crippen molar-refractivity contribution in [1.82, 2.24) is 5.32 Å². The minimum absolute atomic E-state index is 0.116. The molecule has 2 aromatic carbocycles. The zero-order valence-electron chi connectivity index (χ0n) is 16.3. The second kappa shape index (κ2) is 7.71. The van der Waals surface area contributed by atoms with Crippen LogP contribution in [0.4, 0.5) is 10.5 Å². The maximum Gasteiger partial charge on any atom is 0.337 e. The minimum Gasteiger partial charge on any atom is -0.465 e. The Labute approximate surface area is 172 Å². The van der Waals surface area contributed by atoms with Gasteiger partial charge in [-0.05, 0) is 48.9 Å². The number of amides is 3. The predicted octanol–water partition coefficient (Wildman–Crippen LogP) is 4.14. The summed E-state index contributed by atoms with van der Waals surface area (Å²) in [7, 11) is 1.32. The zero-order chi connectivity index (χ0) is 21.3. The molecule has 1 aromatic heterocycles. The van der Waals surface area contributed by atoms with Crippen LogP contribution in [0.15, 0.2) is 70.8 Å².